The molecule has 84 valence electrons. The first-order valence-electron chi connectivity index (χ1n) is 6.09. The summed E-state index contributed by atoms with van der Waals surface area (Å²) in [7, 11) is 0. The summed E-state index contributed by atoms with van der Waals surface area (Å²) in [5, 5.41) is 3.39. The van der Waals surface area contributed by atoms with E-state index < -0.39 is 0 Å². The van der Waals surface area contributed by atoms with E-state index in [9.17, 15) is 0 Å². The minimum absolute atomic E-state index is 0.343. The molecule has 1 aliphatic rings. The van der Waals surface area contributed by atoms with Crippen LogP contribution in [0.1, 0.15) is 46.5 Å². The van der Waals surface area contributed by atoms with Crippen LogP contribution in [0.15, 0.2) is 0 Å². The van der Waals surface area contributed by atoms with E-state index in [1.54, 1.807) is 0 Å². The van der Waals surface area contributed by atoms with Gasteiger partial charge in [-0.25, -0.2) is 0 Å². The Labute approximate surface area is 88.4 Å². The number of hydrogen-bond acceptors (Lipinski definition) is 2. The molecule has 1 rings (SSSR count). The summed E-state index contributed by atoms with van der Waals surface area (Å²) in [6, 6.07) is 0.474. The molecule has 0 aromatic heterocycles. The Balaban J connectivity index is 1.98. The van der Waals surface area contributed by atoms with Crippen molar-refractivity contribution in [1.29, 1.82) is 0 Å². The maximum absolute atomic E-state index is 5.80. The first-order valence-corrected chi connectivity index (χ1v) is 6.09. The monoisotopic (exact) mass is 199 g/mol. The van der Waals surface area contributed by atoms with Crippen LogP contribution in [0.2, 0.25) is 0 Å². The molecule has 0 radical (unpaired) electrons. The fraction of sp³-hybridized carbons (Fsp3) is 1.00. The molecule has 0 aliphatic heterocycles. The SMILES string of the molecule is CCNC(C)C(C)OCCC1CCC1. The molecule has 0 bridgehead atoms. The Bertz CT molecular complexity index is 145. The largest absolute Gasteiger partial charge is 0.377 e. The lowest BCUT2D eigenvalue weighted by atomic mass is 9.83. The van der Waals surface area contributed by atoms with Gasteiger partial charge in [0.2, 0.25) is 0 Å². The van der Waals surface area contributed by atoms with E-state index in [1.807, 2.05) is 0 Å². The van der Waals surface area contributed by atoms with Crippen LogP contribution in [0, 0.1) is 5.92 Å². The van der Waals surface area contributed by atoms with Crippen LogP contribution in [0.4, 0.5) is 0 Å². The molecule has 14 heavy (non-hydrogen) atoms. The van der Waals surface area contributed by atoms with Crippen LogP contribution >= 0.6 is 0 Å². The lowest BCUT2D eigenvalue weighted by Gasteiger charge is -2.27. The highest BCUT2D eigenvalue weighted by Crippen LogP contribution is 2.29. The Morgan fingerprint density at radius 2 is 2.07 bits per heavy atom. The topological polar surface area (TPSA) is 21.3 Å². The predicted molar refractivity (Wildman–Crippen MR) is 60.5 cm³/mol. The van der Waals surface area contributed by atoms with Crippen molar-refractivity contribution >= 4 is 0 Å². The molecule has 1 N–H and O–H groups in total. The molecule has 2 heteroatoms. The van der Waals surface area contributed by atoms with Crippen molar-refractivity contribution in [2.45, 2.75) is 58.6 Å². The van der Waals surface area contributed by atoms with E-state index in [4.69, 9.17) is 4.74 Å². The molecule has 1 aliphatic carbocycles. The van der Waals surface area contributed by atoms with E-state index in [-0.39, 0.29) is 0 Å². The van der Waals surface area contributed by atoms with Crippen molar-refractivity contribution in [1.82, 2.24) is 5.32 Å². The van der Waals surface area contributed by atoms with Crippen LogP contribution < -0.4 is 5.32 Å². The summed E-state index contributed by atoms with van der Waals surface area (Å²) in [6.45, 7) is 8.46. The summed E-state index contributed by atoms with van der Waals surface area (Å²) in [5.41, 5.74) is 0. The lowest BCUT2D eigenvalue weighted by molar-refractivity contribution is 0.0299. The van der Waals surface area contributed by atoms with Crippen LogP contribution in [0.25, 0.3) is 0 Å². The second kappa shape index (κ2) is 6.41. The third-order valence-corrected chi connectivity index (χ3v) is 3.36. The molecule has 2 atom stereocenters. The Kier molecular flexibility index (Phi) is 5.49. The summed E-state index contributed by atoms with van der Waals surface area (Å²) >= 11 is 0. The van der Waals surface area contributed by atoms with Gasteiger partial charge in [0.25, 0.3) is 0 Å². The molecule has 0 amide bonds. The van der Waals surface area contributed by atoms with E-state index in [0.717, 1.165) is 19.1 Å². The zero-order valence-corrected chi connectivity index (χ0v) is 9.88. The van der Waals surface area contributed by atoms with Crippen molar-refractivity contribution in [3.63, 3.8) is 0 Å². The standard InChI is InChI=1S/C12H25NO/c1-4-13-10(2)11(3)14-9-8-12-6-5-7-12/h10-13H,4-9H2,1-3H3. The summed E-state index contributed by atoms with van der Waals surface area (Å²) in [4.78, 5) is 0. The van der Waals surface area contributed by atoms with Gasteiger partial charge in [-0.2, -0.15) is 0 Å². The molecule has 0 spiro atoms. The molecule has 0 saturated heterocycles. The fourth-order valence-electron chi connectivity index (χ4n) is 1.83. The van der Waals surface area contributed by atoms with Gasteiger partial charge in [0.1, 0.15) is 0 Å². The first kappa shape index (κ1) is 12.0. The van der Waals surface area contributed by atoms with Gasteiger partial charge in [0.05, 0.1) is 6.10 Å². The molecule has 0 aromatic rings. The molecule has 2 nitrogen and oxygen atoms in total. The Hall–Kier alpha value is -0.0800. The number of likely N-dealkylation sites (N-methyl/N-ethyl adjacent to an activating group) is 1. The molecular weight excluding hydrogens is 174 g/mol. The fourth-order valence-corrected chi connectivity index (χ4v) is 1.83. The zero-order valence-electron chi connectivity index (χ0n) is 9.88. The van der Waals surface area contributed by atoms with Crippen molar-refractivity contribution in [3.8, 4) is 0 Å². The van der Waals surface area contributed by atoms with Gasteiger partial charge < -0.3 is 10.1 Å². The van der Waals surface area contributed by atoms with E-state index in [2.05, 4.69) is 26.1 Å². The van der Waals surface area contributed by atoms with Gasteiger partial charge in [-0.15, -0.1) is 0 Å². The highest BCUT2D eigenvalue weighted by Gasteiger charge is 2.18. The zero-order chi connectivity index (χ0) is 10.4. The third-order valence-electron chi connectivity index (χ3n) is 3.36. The highest BCUT2D eigenvalue weighted by molar-refractivity contribution is 4.71. The average molecular weight is 199 g/mol. The normalized spacial score (nSPS) is 21.6. The van der Waals surface area contributed by atoms with Crippen LogP contribution in [-0.4, -0.2) is 25.3 Å². The number of nitrogens with one attached hydrogen (secondary N) is 1. The van der Waals surface area contributed by atoms with E-state index in [0.29, 0.717) is 12.1 Å². The minimum atomic E-state index is 0.343. The Morgan fingerprint density at radius 1 is 1.36 bits per heavy atom. The van der Waals surface area contributed by atoms with Crippen molar-refractivity contribution in [3.05, 3.63) is 0 Å². The lowest BCUT2D eigenvalue weighted by Crippen LogP contribution is -2.37. The van der Waals surface area contributed by atoms with Crippen molar-refractivity contribution in [2.24, 2.45) is 5.92 Å². The average Bonchev–Trinajstić information content (AvgIpc) is 2.09. The van der Waals surface area contributed by atoms with Gasteiger partial charge in [0.15, 0.2) is 0 Å². The van der Waals surface area contributed by atoms with Gasteiger partial charge in [-0.05, 0) is 32.7 Å². The second-order valence-corrected chi connectivity index (χ2v) is 4.51. The summed E-state index contributed by atoms with van der Waals surface area (Å²) < 4.78 is 5.80. The van der Waals surface area contributed by atoms with Crippen LogP contribution in [-0.2, 0) is 4.74 Å². The number of hydrogen-bond donors (Lipinski definition) is 1. The maximum atomic E-state index is 5.80. The minimum Gasteiger partial charge on any atom is -0.377 e. The quantitative estimate of drug-likeness (QED) is 0.680. The number of ether oxygens (including phenoxy) is 1. The van der Waals surface area contributed by atoms with Gasteiger partial charge in [0, 0.05) is 12.6 Å². The first-order chi connectivity index (χ1) is 6.74. The summed E-state index contributed by atoms with van der Waals surface area (Å²) in [5.74, 6) is 0.969. The van der Waals surface area contributed by atoms with Gasteiger partial charge in [-0.1, -0.05) is 26.2 Å². The molecule has 1 fully saturated rings. The van der Waals surface area contributed by atoms with Gasteiger partial charge >= 0.3 is 0 Å². The highest BCUT2D eigenvalue weighted by atomic mass is 16.5. The molecule has 0 aromatic carbocycles. The Morgan fingerprint density at radius 3 is 2.57 bits per heavy atom. The molecule has 2 unspecified atom stereocenters. The van der Waals surface area contributed by atoms with Crippen molar-refractivity contribution in [2.75, 3.05) is 13.2 Å². The van der Waals surface area contributed by atoms with Crippen LogP contribution in [0.5, 0.6) is 0 Å². The predicted octanol–water partition coefficient (Wildman–Crippen LogP) is 2.58. The van der Waals surface area contributed by atoms with E-state index >= 15 is 0 Å². The molecular formula is C12H25NO. The van der Waals surface area contributed by atoms with Crippen LogP contribution in [0.3, 0.4) is 0 Å². The van der Waals surface area contributed by atoms with Gasteiger partial charge in [-0.3, -0.25) is 0 Å². The smallest absolute Gasteiger partial charge is 0.0697 e. The van der Waals surface area contributed by atoms with E-state index in [1.165, 1.54) is 25.7 Å². The number of rotatable bonds is 7. The maximum Gasteiger partial charge on any atom is 0.0697 e. The third kappa shape index (κ3) is 3.97. The molecule has 1 saturated carbocycles. The summed E-state index contributed by atoms with van der Waals surface area (Å²) in [6.07, 6.45) is 5.91. The second-order valence-electron chi connectivity index (χ2n) is 4.51. The van der Waals surface area contributed by atoms with Crippen molar-refractivity contribution < 1.29 is 4.74 Å². The molecule has 0 heterocycles.